The Morgan fingerprint density at radius 3 is 1.96 bits per heavy atom. The van der Waals surface area contributed by atoms with Gasteiger partial charge in [0, 0.05) is 5.57 Å². The topological polar surface area (TPSA) is 61.8 Å². The van der Waals surface area contributed by atoms with Crippen LogP contribution in [-0.4, -0.2) is 55.6 Å². The molecule has 0 spiro atoms. The van der Waals surface area contributed by atoms with Gasteiger partial charge in [-0.2, -0.15) is 0 Å². The maximum atomic E-state index is 11.9. The van der Waals surface area contributed by atoms with E-state index in [1.54, 1.807) is 6.92 Å². The van der Waals surface area contributed by atoms with E-state index in [9.17, 15) is 9.59 Å². The summed E-state index contributed by atoms with van der Waals surface area (Å²) in [5, 5.41) is 0. The van der Waals surface area contributed by atoms with Gasteiger partial charge >= 0.3 is 11.9 Å². The molecule has 24 heavy (non-hydrogen) atoms. The third-order valence-electron chi connectivity index (χ3n) is 3.20. The lowest BCUT2D eigenvalue weighted by molar-refractivity contribution is -0.142. The van der Waals surface area contributed by atoms with E-state index >= 15 is 0 Å². The first-order valence-corrected chi connectivity index (χ1v) is 10.4. The smallest absolute Gasteiger partial charge is 0.356 e. The molecule has 0 saturated heterocycles. The average molecular weight is 362 g/mol. The van der Waals surface area contributed by atoms with Crippen molar-refractivity contribution in [3.63, 3.8) is 0 Å². The number of rotatable bonds is 15. The number of hydrogen-bond donors (Lipinski definition) is 0. The van der Waals surface area contributed by atoms with Crippen LogP contribution in [0.3, 0.4) is 0 Å². The van der Waals surface area contributed by atoms with Gasteiger partial charge in [-0.3, -0.25) is 0 Å². The van der Waals surface area contributed by atoms with Crippen molar-refractivity contribution in [3.8, 4) is 0 Å². The molecule has 0 fully saturated rings. The van der Waals surface area contributed by atoms with Crippen LogP contribution in [0, 0.1) is 0 Å². The summed E-state index contributed by atoms with van der Waals surface area (Å²) in [5.74, 6) is 2.21. The third-order valence-corrected chi connectivity index (χ3v) is 5.57. The van der Waals surface area contributed by atoms with Crippen molar-refractivity contribution in [2.75, 3.05) is 43.7 Å². The van der Waals surface area contributed by atoms with Gasteiger partial charge in [0.2, 0.25) is 5.75 Å². The number of ether oxygens (including phenoxy) is 3. The minimum atomic E-state index is -0.420. The Kier molecular flexibility index (Phi) is 14.9. The summed E-state index contributed by atoms with van der Waals surface area (Å²) in [6, 6.07) is 0. The Morgan fingerprint density at radius 1 is 0.917 bits per heavy atom. The normalized spacial score (nSPS) is 10.7. The fourth-order valence-corrected chi connectivity index (χ4v) is 4.09. The van der Waals surface area contributed by atoms with E-state index in [0.717, 1.165) is 24.3 Å². The summed E-state index contributed by atoms with van der Waals surface area (Å²) in [5.41, 5.74) is 0.366. The van der Waals surface area contributed by atoms with Gasteiger partial charge in [-0.25, -0.2) is 9.59 Å². The van der Waals surface area contributed by atoms with E-state index in [-0.39, 0.29) is 36.7 Å². The third kappa shape index (κ3) is 13.4. The number of carbonyl (C=O) groups excluding carboxylic acids is 2. The van der Waals surface area contributed by atoms with Crippen LogP contribution in [0.15, 0.2) is 12.2 Å². The number of hydrogen-bond acceptors (Lipinski definition) is 5. The van der Waals surface area contributed by atoms with Crippen LogP contribution in [0.4, 0.5) is 0 Å². The van der Waals surface area contributed by atoms with E-state index < -0.39 is 5.97 Å². The SMILES string of the molecule is C=C(C)C(=O)OCCOCCOC(=O)C[S+](CCCC)CCCC. The predicted octanol–water partition coefficient (Wildman–Crippen LogP) is 2.88. The lowest BCUT2D eigenvalue weighted by Gasteiger charge is -2.09. The number of carbonyl (C=O) groups is 2. The summed E-state index contributed by atoms with van der Waals surface area (Å²) in [7, 11) is 0.144. The molecular formula is C18H33O5S+. The largest absolute Gasteiger partial charge is 0.460 e. The first kappa shape index (κ1) is 23.0. The summed E-state index contributed by atoms with van der Waals surface area (Å²) < 4.78 is 15.4. The van der Waals surface area contributed by atoms with Crippen LogP contribution >= 0.6 is 0 Å². The standard InChI is InChI=1S/C18H33O5S/c1-5-7-13-24(14-8-6-2)15-17(19)22-11-9-21-10-12-23-18(20)16(3)4/h3,5-15H2,1-2,4H3/q+1. The first-order valence-electron chi connectivity index (χ1n) is 8.71. The summed E-state index contributed by atoms with van der Waals surface area (Å²) in [6.07, 6.45) is 4.67. The molecule has 0 atom stereocenters. The first-order chi connectivity index (χ1) is 11.5. The maximum Gasteiger partial charge on any atom is 0.356 e. The second kappa shape index (κ2) is 15.5. The lowest BCUT2D eigenvalue weighted by Crippen LogP contribution is -2.25. The Hall–Kier alpha value is -1.01. The van der Waals surface area contributed by atoms with Gasteiger partial charge in [0.1, 0.15) is 24.7 Å². The molecule has 0 aliphatic heterocycles. The van der Waals surface area contributed by atoms with Crippen molar-refractivity contribution < 1.29 is 23.8 Å². The minimum Gasteiger partial charge on any atom is -0.460 e. The molecule has 0 unspecified atom stereocenters. The van der Waals surface area contributed by atoms with E-state index in [2.05, 4.69) is 20.4 Å². The summed E-state index contributed by atoms with van der Waals surface area (Å²) in [6.45, 7) is 10.4. The Balaban J connectivity index is 3.71. The highest BCUT2D eigenvalue weighted by atomic mass is 32.2. The summed E-state index contributed by atoms with van der Waals surface area (Å²) in [4.78, 5) is 23.0. The monoisotopic (exact) mass is 361 g/mol. The van der Waals surface area contributed by atoms with E-state index in [1.165, 1.54) is 12.8 Å². The predicted molar refractivity (Wildman–Crippen MR) is 99.3 cm³/mol. The molecule has 0 aromatic heterocycles. The van der Waals surface area contributed by atoms with Crippen molar-refractivity contribution in [2.45, 2.75) is 46.5 Å². The molecule has 0 rings (SSSR count). The van der Waals surface area contributed by atoms with Crippen molar-refractivity contribution >= 4 is 22.8 Å². The van der Waals surface area contributed by atoms with Gasteiger partial charge in [-0.1, -0.05) is 33.3 Å². The van der Waals surface area contributed by atoms with Gasteiger partial charge in [-0.05, 0) is 30.7 Å². The van der Waals surface area contributed by atoms with Crippen LogP contribution in [0.1, 0.15) is 46.5 Å². The zero-order valence-corrected chi connectivity index (χ0v) is 16.3. The van der Waals surface area contributed by atoms with Gasteiger partial charge in [-0.15, -0.1) is 0 Å². The van der Waals surface area contributed by atoms with Gasteiger partial charge in [0.15, 0.2) is 0 Å². The fraction of sp³-hybridized carbons (Fsp3) is 0.778. The zero-order chi connectivity index (χ0) is 18.2. The van der Waals surface area contributed by atoms with E-state index in [4.69, 9.17) is 14.2 Å². The number of esters is 2. The highest BCUT2D eigenvalue weighted by Gasteiger charge is 2.22. The molecule has 5 nitrogen and oxygen atoms in total. The van der Waals surface area contributed by atoms with Crippen molar-refractivity contribution in [2.24, 2.45) is 0 Å². The van der Waals surface area contributed by atoms with Crippen LogP contribution in [-0.2, 0) is 34.7 Å². The van der Waals surface area contributed by atoms with Crippen LogP contribution in [0.5, 0.6) is 0 Å². The highest BCUT2D eigenvalue weighted by Crippen LogP contribution is 2.06. The lowest BCUT2D eigenvalue weighted by atomic mass is 10.4. The number of unbranched alkanes of at least 4 members (excludes halogenated alkanes) is 2. The van der Waals surface area contributed by atoms with Crippen LogP contribution in [0.25, 0.3) is 0 Å². The Morgan fingerprint density at radius 2 is 1.46 bits per heavy atom. The molecule has 140 valence electrons. The van der Waals surface area contributed by atoms with Gasteiger partial charge < -0.3 is 14.2 Å². The van der Waals surface area contributed by atoms with E-state index in [0.29, 0.717) is 17.9 Å². The summed E-state index contributed by atoms with van der Waals surface area (Å²) >= 11 is 0. The zero-order valence-electron chi connectivity index (χ0n) is 15.4. The molecule has 0 radical (unpaired) electrons. The highest BCUT2D eigenvalue weighted by molar-refractivity contribution is 7.97. The molecule has 0 N–H and O–H groups in total. The van der Waals surface area contributed by atoms with Gasteiger partial charge in [0.25, 0.3) is 0 Å². The minimum absolute atomic E-state index is 0.136. The van der Waals surface area contributed by atoms with Crippen LogP contribution in [0.2, 0.25) is 0 Å². The molecule has 0 aliphatic carbocycles. The van der Waals surface area contributed by atoms with Crippen molar-refractivity contribution in [1.29, 1.82) is 0 Å². The molecule has 0 aromatic carbocycles. The Labute approximate surface area is 149 Å². The molecule has 0 heterocycles. The molecule has 0 aromatic rings. The van der Waals surface area contributed by atoms with Crippen LogP contribution < -0.4 is 0 Å². The molecular weight excluding hydrogens is 328 g/mol. The quantitative estimate of drug-likeness (QED) is 0.194. The van der Waals surface area contributed by atoms with Crippen molar-refractivity contribution in [3.05, 3.63) is 12.2 Å². The molecule has 0 bridgehead atoms. The molecule has 0 saturated carbocycles. The molecule has 6 heteroatoms. The second-order valence-corrected chi connectivity index (χ2v) is 7.95. The average Bonchev–Trinajstić information content (AvgIpc) is 2.55. The second-order valence-electron chi connectivity index (χ2n) is 5.62. The van der Waals surface area contributed by atoms with Gasteiger partial charge in [0.05, 0.1) is 13.2 Å². The Bertz CT molecular complexity index is 362. The van der Waals surface area contributed by atoms with E-state index in [1.807, 2.05) is 0 Å². The maximum absolute atomic E-state index is 11.9. The molecule has 0 aliphatic rings. The fourth-order valence-electron chi connectivity index (χ4n) is 1.78. The van der Waals surface area contributed by atoms with Crippen molar-refractivity contribution in [1.82, 2.24) is 0 Å². The molecule has 0 amide bonds.